The van der Waals surface area contributed by atoms with Crippen molar-refractivity contribution in [1.29, 1.82) is 0 Å². The highest BCUT2D eigenvalue weighted by atomic mass is 16.2. The third kappa shape index (κ3) is 2.93. The predicted octanol–water partition coefficient (Wildman–Crippen LogP) is 4.66. The number of para-hydroxylation sites is 1. The van der Waals surface area contributed by atoms with E-state index in [4.69, 9.17) is 0 Å². The summed E-state index contributed by atoms with van der Waals surface area (Å²) >= 11 is 0. The van der Waals surface area contributed by atoms with Crippen LogP contribution in [-0.2, 0) is 4.79 Å². The average Bonchev–Trinajstić information content (AvgIpc) is 3.02. The molecule has 4 heteroatoms. The lowest BCUT2D eigenvalue weighted by atomic mass is 10.00. The molecule has 0 spiro atoms. The van der Waals surface area contributed by atoms with E-state index >= 15 is 0 Å². The maximum Gasteiger partial charge on any atom is 0.258 e. The van der Waals surface area contributed by atoms with Gasteiger partial charge in [-0.3, -0.25) is 4.79 Å². The van der Waals surface area contributed by atoms with E-state index in [-0.39, 0.29) is 5.91 Å². The van der Waals surface area contributed by atoms with E-state index in [2.05, 4.69) is 16.0 Å². The fourth-order valence-corrected chi connectivity index (χ4v) is 3.15. The molecule has 26 heavy (non-hydrogen) atoms. The standard InChI is InChI=1S/C22H19N3O/c1-23-16-10-7-11-17(14-16)24-21(15-8-3-2-4-9-15)20-18-12-5-6-13-19(18)25-22(20)26/h2-14,23-24H,1H3,(H,25,26)/b21-20-. The molecular formula is C22H19N3O. The first kappa shape index (κ1) is 16.0. The number of carbonyl (C=O) groups is 1. The average molecular weight is 341 g/mol. The Labute approximate surface area is 152 Å². The van der Waals surface area contributed by atoms with Crippen LogP contribution in [-0.4, -0.2) is 13.0 Å². The lowest BCUT2D eigenvalue weighted by Gasteiger charge is -2.15. The van der Waals surface area contributed by atoms with Crippen molar-refractivity contribution >= 4 is 34.2 Å². The van der Waals surface area contributed by atoms with Gasteiger partial charge in [0.05, 0.1) is 11.3 Å². The Morgan fingerprint density at radius 1 is 0.846 bits per heavy atom. The molecule has 0 fully saturated rings. The first-order valence-corrected chi connectivity index (χ1v) is 8.51. The second kappa shape index (κ2) is 6.76. The summed E-state index contributed by atoms with van der Waals surface area (Å²) in [6.07, 6.45) is 0. The van der Waals surface area contributed by atoms with Gasteiger partial charge in [0.25, 0.3) is 5.91 Å². The number of rotatable bonds is 4. The van der Waals surface area contributed by atoms with Crippen LogP contribution in [0.2, 0.25) is 0 Å². The van der Waals surface area contributed by atoms with E-state index in [1.54, 1.807) is 0 Å². The molecule has 0 aliphatic carbocycles. The Morgan fingerprint density at radius 3 is 2.38 bits per heavy atom. The Bertz CT molecular complexity index is 993. The normalized spacial score (nSPS) is 14.4. The maximum atomic E-state index is 12.7. The summed E-state index contributed by atoms with van der Waals surface area (Å²) in [4.78, 5) is 12.7. The zero-order chi connectivity index (χ0) is 17.9. The molecule has 1 aliphatic rings. The molecule has 0 aromatic heterocycles. The molecule has 1 amide bonds. The molecule has 1 aliphatic heterocycles. The van der Waals surface area contributed by atoms with Gasteiger partial charge < -0.3 is 16.0 Å². The summed E-state index contributed by atoms with van der Waals surface area (Å²) in [7, 11) is 1.89. The minimum Gasteiger partial charge on any atom is -0.388 e. The van der Waals surface area contributed by atoms with Gasteiger partial charge in [0.1, 0.15) is 0 Å². The van der Waals surface area contributed by atoms with Gasteiger partial charge in [-0.1, -0.05) is 54.6 Å². The van der Waals surface area contributed by atoms with E-state index in [1.807, 2.05) is 85.9 Å². The van der Waals surface area contributed by atoms with Gasteiger partial charge in [0, 0.05) is 29.7 Å². The van der Waals surface area contributed by atoms with Crippen molar-refractivity contribution in [3.05, 3.63) is 90.0 Å². The number of nitrogens with one attached hydrogen (secondary N) is 3. The van der Waals surface area contributed by atoms with Crippen molar-refractivity contribution in [2.45, 2.75) is 0 Å². The summed E-state index contributed by atoms with van der Waals surface area (Å²) in [5.74, 6) is -0.0951. The Hall–Kier alpha value is -3.53. The van der Waals surface area contributed by atoms with Crippen LogP contribution < -0.4 is 16.0 Å². The Morgan fingerprint density at radius 2 is 1.58 bits per heavy atom. The van der Waals surface area contributed by atoms with Gasteiger partial charge in [0.2, 0.25) is 0 Å². The minimum absolute atomic E-state index is 0.0951. The second-order valence-electron chi connectivity index (χ2n) is 6.07. The lowest BCUT2D eigenvalue weighted by molar-refractivity contribution is -0.110. The van der Waals surface area contributed by atoms with E-state index in [9.17, 15) is 4.79 Å². The van der Waals surface area contributed by atoms with Crippen LogP contribution >= 0.6 is 0 Å². The zero-order valence-electron chi connectivity index (χ0n) is 14.4. The van der Waals surface area contributed by atoms with Crippen LogP contribution in [0, 0.1) is 0 Å². The number of fused-ring (bicyclic) bond motifs is 1. The van der Waals surface area contributed by atoms with E-state index in [1.165, 1.54) is 0 Å². The second-order valence-corrected chi connectivity index (χ2v) is 6.07. The number of hydrogen-bond donors (Lipinski definition) is 3. The fourth-order valence-electron chi connectivity index (χ4n) is 3.15. The van der Waals surface area contributed by atoms with E-state index in [0.717, 1.165) is 33.9 Å². The van der Waals surface area contributed by atoms with Gasteiger partial charge in [-0.25, -0.2) is 0 Å². The molecule has 0 radical (unpaired) electrons. The SMILES string of the molecule is CNc1cccc(N/C(=C2\C(=O)Nc3ccccc32)c2ccccc2)c1. The molecule has 0 unspecified atom stereocenters. The number of benzene rings is 3. The van der Waals surface area contributed by atoms with Crippen LogP contribution in [0.3, 0.4) is 0 Å². The summed E-state index contributed by atoms with van der Waals surface area (Å²) < 4.78 is 0. The maximum absolute atomic E-state index is 12.7. The van der Waals surface area contributed by atoms with Gasteiger partial charge in [0.15, 0.2) is 0 Å². The van der Waals surface area contributed by atoms with Crippen molar-refractivity contribution in [3.8, 4) is 0 Å². The van der Waals surface area contributed by atoms with Crippen LogP contribution in [0.4, 0.5) is 17.1 Å². The molecule has 3 aromatic rings. The van der Waals surface area contributed by atoms with E-state index < -0.39 is 0 Å². The van der Waals surface area contributed by atoms with Gasteiger partial charge in [-0.2, -0.15) is 0 Å². The zero-order valence-corrected chi connectivity index (χ0v) is 14.4. The number of carbonyl (C=O) groups excluding carboxylic acids is 1. The summed E-state index contributed by atoms with van der Waals surface area (Å²) in [5, 5.41) is 9.56. The molecule has 4 rings (SSSR count). The van der Waals surface area contributed by atoms with Crippen LogP contribution in [0.1, 0.15) is 11.1 Å². The van der Waals surface area contributed by atoms with Crippen molar-refractivity contribution in [1.82, 2.24) is 0 Å². The predicted molar refractivity (Wildman–Crippen MR) is 108 cm³/mol. The molecule has 3 N–H and O–H groups in total. The molecule has 128 valence electrons. The van der Waals surface area contributed by atoms with Crippen molar-refractivity contribution < 1.29 is 4.79 Å². The first-order chi connectivity index (χ1) is 12.8. The molecule has 0 atom stereocenters. The number of anilines is 3. The Kier molecular flexibility index (Phi) is 4.15. The number of amides is 1. The van der Waals surface area contributed by atoms with Crippen molar-refractivity contribution in [3.63, 3.8) is 0 Å². The molecule has 1 heterocycles. The summed E-state index contributed by atoms with van der Waals surface area (Å²) in [6, 6.07) is 25.7. The third-order valence-corrected chi connectivity index (χ3v) is 4.40. The van der Waals surface area contributed by atoms with Crippen LogP contribution in [0.5, 0.6) is 0 Å². The van der Waals surface area contributed by atoms with Gasteiger partial charge in [-0.15, -0.1) is 0 Å². The highest BCUT2D eigenvalue weighted by molar-refractivity contribution is 6.37. The topological polar surface area (TPSA) is 53.2 Å². The highest BCUT2D eigenvalue weighted by Crippen LogP contribution is 2.37. The van der Waals surface area contributed by atoms with Crippen LogP contribution in [0.15, 0.2) is 78.9 Å². The first-order valence-electron chi connectivity index (χ1n) is 8.51. The molecule has 0 bridgehead atoms. The quantitative estimate of drug-likeness (QED) is 0.605. The number of hydrogen-bond acceptors (Lipinski definition) is 3. The molecule has 0 saturated heterocycles. The third-order valence-electron chi connectivity index (χ3n) is 4.40. The van der Waals surface area contributed by atoms with Crippen molar-refractivity contribution in [2.24, 2.45) is 0 Å². The molecular weight excluding hydrogens is 322 g/mol. The Balaban J connectivity index is 1.88. The summed E-state index contributed by atoms with van der Waals surface area (Å²) in [6.45, 7) is 0. The smallest absolute Gasteiger partial charge is 0.258 e. The fraction of sp³-hybridized carbons (Fsp3) is 0.0455. The molecule has 0 saturated carbocycles. The molecule has 4 nitrogen and oxygen atoms in total. The lowest BCUT2D eigenvalue weighted by Crippen LogP contribution is -2.10. The van der Waals surface area contributed by atoms with Gasteiger partial charge in [-0.05, 0) is 29.8 Å². The summed E-state index contributed by atoms with van der Waals surface area (Å²) in [5.41, 5.74) is 6.08. The van der Waals surface area contributed by atoms with Crippen LogP contribution in [0.25, 0.3) is 11.3 Å². The largest absolute Gasteiger partial charge is 0.388 e. The minimum atomic E-state index is -0.0951. The van der Waals surface area contributed by atoms with E-state index in [0.29, 0.717) is 5.57 Å². The molecule has 3 aromatic carbocycles. The van der Waals surface area contributed by atoms with Gasteiger partial charge >= 0.3 is 0 Å². The van der Waals surface area contributed by atoms with Crippen molar-refractivity contribution in [2.75, 3.05) is 23.0 Å². The highest BCUT2D eigenvalue weighted by Gasteiger charge is 2.27. The monoisotopic (exact) mass is 341 g/mol.